The number of aliphatic imine (C=N–C) groups is 2. The molecule has 0 amide bonds. The molecule has 1 atom stereocenters. The predicted octanol–water partition coefficient (Wildman–Crippen LogP) is 2.35. The van der Waals surface area contributed by atoms with Crippen LogP contribution >= 0.6 is 0 Å². The fraction of sp³-hybridized carbons (Fsp3) is 0.188. The summed E-state index contributed by atoms with van der Waals surface area (Å²) in [6.45, 7) is 0. The Kier molecular flexibility index (Phi) is 4.07. The van der Waals surface area contributed by atoms with Gasteiger partial charge in [-0.15, -0.1) is 0 Å². The van der Waals surface area contributed by atoms with Crippen LogP contribution in [0.25, 0.3) is 6.08 Å². The van der Waals surface area contributed by atoms with Crippen LogP contribution in [0.2, 0.25) is 0 Å². The van der Waals surface area contributed by atoms with Gasteiger partial charge in [0.25, 0.3) is 0 Å². The van der Waals surface area contributed by atoms with E-state index in [1.54, 1.807) is 30.5 Å². The van der Waals surface area contributed by atoms with Crippen molar-refractivity contribution in [1.29, 1.82) is 5.41 Å². The molecule has 2 aliphatic rings. The molecule has 9 heteroatoms. The number of halogens is 3. The Morgan fingerprint density at radius 1 is 1.32 bits per heavy atom. The van der Waals surface area contributed by atoms with Gasteiger partial charge in [0, 0.05) is 29.3 Å². The lowest BCUT2D eigenvalue weighted by atomic mass is 9.96. The van der Waals surface area contributed by atoms with E-state index in [2.05, 4.69) is 9.98 Å². The molecule has 0 bridgehead atoms. The summed E-state index contributed by atoms with van der Waals surface area (Å²) in [5.41, 5.74) is 11.9. The summed E-state index contributed by atoms with van der Waals surface area (Å²) < 4.78 is 45.7. The van der Waals surface area contributed by atoms with Crippen molar-refractivity contribution in [3.63, 3.8) is 0 Å². The third-order valence-corrected chi connectivity index (χ3v) is 3.67. The summed E-state index contributed by atoms with van der Waals surface area (Å²) in [7, 11) is 0. The van der Waals surface area contributed by atoms with Gasteiger partial charge in [0.05, 0.1) is 5.71 Å². The first-order valence-electron chi connectivity index (χ1n) is 7.26. The van der Waals surface area contributed by atoms with Crippen molar-refractivity contribution in [3.05, 3.63) is 47.2 Å². The smallest absolute Gasteiger partial charge is 0.429 e. The van der Waals surface area contributed by atoms with Crippen molar-refractivity contribution in [2.24, 2.45) is 21.5 Å². The van der Waals surface area contributed by atoms with Crippen LogP contribution in [0.5, 0.6) is 5.75 Å². The Hall–Kier alpha value is -3.10. The molecule has 0 aliphatic carbocycles. The van der Waals surface area contributed by atoms with Crippen LogP contribution in [-0.4, -0.2) is 29.8 Å². The molecule has 3 rings (SSSR count). The quantitative estimate of drug-likeness (QED) is 0.563. The van der Waals surface area contributed by atoms with Gasteiger partial charge in [0.1, 0.15) is 11.6 Å². The molecule has 25 heavy (non-hydrogen) atoms. The van der Waals surface area contributed by atoms with Gasteiger partial charge >= 0.3 is 6.18 Å². The second-order valence-corrected chi connectivity index (χ2v) is 5.41. The molecule has 130 valence electrons. The first-order valence-corrected chi connectivity index (χ1v) is 7.26. The second kappa shape index (κ2) is 6.08. The molecule has 0 radical (unpaired) electrons. The van der Waals surface area contributed by atoms with E-state index in [1.807, 2.05) is 0 Å². The minimum atomic E-state index is -4.72. The number of hydrogen-bond acceptors (Lipinski definition) is 3. The molecule has 1 aromatic rings. The Morgan fingerprint density at radius 2 is 2.08 bits per heavy atom. The molecule has 0 spiro atoms. The molecule has 0 saturated carbocycles. The zero-order chi connectivity index (χ0) is 18.2. The predicted molar refractivity (Wildman–Crippen MR) is 88.7 cm³/mol. The third-order valence-electron chi connectivity index (χ3n) is 3.67. The van der Waals surface area contributed by atoms with Gasteiger partial charge in [0.15, 0.2) is 0 Å². The highest BCUT2D eigenvalue weighted by molar-refractivity contribution is 6.09. The fourth-order valence-corrected chi connectivity index (χ4v) is 2.64. The monoisotopic (exact) mass is 349 g/mol. The van der Waals surface area contributed by atoms with Crippen molar-refractivity contribution in [1.82, 2.24) is 0 Å². The number of rotatable bonds is 2. The van der Waals surface area contributed by atoms with Crippen LogP contribution in [0.1, 0.15) is 17.5 Å². The topological polar surface area (TPSA) is 110 Å². The van der Waals surface area contributed by atoms with E-state index in [0.29, 0.717) is 23.3 Å². The number of allylic oxidation sites excluding steroid dienone is 1. The van der Waals surface area contributed by atoms with Crippen LogP contribution in [0.15, 0.2) is 46.0 Å². The standard InChI is InChI=1S/C16H14F3N5O/c17-16(18,19)13-10(14(20)24-15(21)22)7-8-3-1-4-9(12(8)25-13)11-5-2-6-23-11/h1-4,6-7,13H,5H2,(H5,20,21,22,24). The Labute approximate surface area is 140 Å². The summed E-state index contributed by atoms with van der Waals surface area (Å²) in [6.07, 6.45) is -1.86. The highest BCUT2D eigenvalue weighted by Gasteiger charge is 2.47. The largest absolute Gasteiger partial charge is 0.475 e. The number of amidine groups is 1. The number of nitrogens with one attached hydrogen (secondary N) is 1. The number of ether oxygens (including phenoxy) is 1. The number of hydrogen-bond donors (Lipinski definition) is 3. The molecule has 6 nitrogen and oxygen atoms in total. The lowest BCUT2D eigenvalue weighted by Gasteiger charge is -2.30. The maximum absolute atomic E-state index is 13.5. The molecule has 0 aromatic heterocycles. The Morgan fingerprint density at radius 3 is 2.68 bits per heavy atom. The lowest BCUT2D eigenvalue weighted by Crippen LogP contribution is -2.42. The van der Waals surface area contributed by atoms with E-state index in [4.69, 9.17) is 21.6 Å². The first kappa shape index (κ1) is 16.7. The van der Waals surface area contributed by atoms with Gasteiger partial charge in [-0.25, -0.2) is 0 Å². The number of fused-ring (bicyclic) bond motifs is 1. The highest BCUT2D eigenvalue weighted by atomic mass is 19.4. The molecule has 5 N–H and O–H groups in total. The lowest BCUT2D eigenvalue weighted by molar-refractivity contribution is -0.182. The van der Waals surface area contributed by atoms with E-state index in [9.17, 15) is 13.2 Å². The van der Waals surface area contributed by atoms with E-state index >= 15 is 0 Å². The van der Waals surface area contributed by atoms with Crippen molar-refractivity contribution in [2.45, 2.75) is 18.7 Å². The SMILES string of the molecule is N=C(N)/N=C(\N)C1=Cc2cccc(C3=NC=CC3)c2OC1C(F)(F)F. The maximum Gasteiger partial charge on any atom is 0.429 e. The summed E-state index contributed by atoms with van der Waals surface area (Å²) in [6, 6.07) is 4.96. The van der Waals surface area contributed by atoms with Crippen molar-refractivity contribution in [2.75, 3.05) is 0 Å². The minimum absolute atomic E-state index is 0.0895. The summed E-state index contributed by atoms with van der Waals surface area (Å²) in [5.74, 6) is -1.11. The second-order valence-electron chi connectivity index (χ2n) is 5.41. The van der Waals surface area contributed by atoms with Gasteiger partial charge in [-0.2, -0.15) is 18.2 Å². The maximum atomic E-state index is 13.5. The molecule has 0 fully saturated rings. The van der Waals surface area contributed by atoms with E-state index in [0.717, 1.165) is 0 Å². The fourth-order valence-electron chi connectivity index (χ4n) is 2.64. The average molecular weight is 349 g/mol. The zero-order valence-electron chi connectivity index (χ0n) is 12.8. The third kappa shape index (κ3) is 3.25. The van der Waals surface area contributed by atoms with Gasteiger partial charge in [-0.3, -0.25) is 10.4 Å². The van der Waals surface area contributed by atoms with Crippen LogP contribution in [-0.2, 0) is 0 Å². The number of benzene rings is 1. The highest BCUT2D eigenvalue weighted by Crippen LogP contribution is 2.39. The van der Waals surface area contributed by atoms with Gasteiger partial charge < -0.3 is 16.2 Å². The van der Waals surface area contributed by atoms with Crippen molar-refractivity contribution >= 4 is 23.6 Å². The number of para-hydroxylation sites is 1. The normalized spacial score (nSPS) is 19.8. The van der Waals surface area contributed by atoms with Gasteiger partial charge in [-0.05, 0) is 12.1 Å². The van der Waals surface area contributed by atoms with Crippen LogP contribution in [0, 0.1) is 5.41 Å². The van der Waals surface area contributed by atoms with E-state index in [-0.39, 0.29) is 11.3 Å². The molecule has 1 unspecified atom stereocenters. The van der Waals surface area contributed by atoms with Gasteiger partial charge in [0.2, 0.25) is 12.1 Å². The van der Waals surface area contributed by atoms with Crippen molar-refractivity contribution < 1.29 is 17.9 Å². The van der Waals surface area contributed by atoms with Gasteiger partial charge in [-0.1, -0.05) is 18.2 Å². The number of alkyl halides is 3. The Bertz CT molecular complexity index is 852. The Balaban J connectivity index is 2.14. The number of nitrogens with zero attached hydrogens (tertiary/aromatic N) is 2. The number of guanidine groups is 1. The molecular formula is C16H14F3N5O. The molecular weight excluding hydrogens is 335 g/mol. The molecule has 1 aromatic carbocycles. The zero-order valence-corrected chi connectivity index (χ0v) is 12.8. The van der Waals surface area contributed by atoms with Crippen molar-refractivity contribution in [3.8, 4) is 5.75 Å². The molecule has 2 heterocycles. The molecule has 0 saturated heterocycles. The van der Waals surface area contributed by atoms with Crippen LogP contribution < -0.4 is 16.2 Å². The van der Waals surface area contributed by atoms with Crippen LogP contribution in [0.4, 0.5) is 13.2 Å². The molecule has 2 aliphatic heterocycles. The average Bonchev–Trinajstić information content (AvgIpc) is 3.05. The summed E-state index contributed by atoms with van der Waals surface area (Å²) >= 11 is 0. The first-order chi connectivity index (χ1) is 11.8. The summed E-state index contributed by atoms with van der Waals surface area (Å²) in [5, 5.41) is 7.10. The number of nitrogens with two attached hydrogens (primary N) is 2. The van der Waals surface area contributed by atoms with E-state index < -0.39 is 24.1 Å². The minimum Gasteiger partial charge on any atom is -0.475 e. The van der Waals surface area contributed by atoms with E-state index in [1.165, 1.54) is 6.08 Å². The van der Waals surface area contributed by atoms with Crippen LogP contribution in [0.3, 0.4) is 0 Å². The summed E-state index contributed by atoms with van der Waals surface area (Å²) in [4.78, 5) is 7.57.